The van der Waals surface area contributed by atoms with E-state index in [4.69, 9.17) is 9.15 Å². The highest BCUT2D eigenvalue weighted by atomic mass is 79.9. The first-order valence-corrected chi connectivity index (χ1v) is 9.62. The Kier molecular flexibility index (Phi) is 6.60. The number of hydrogen-bond donors (Lipinski definition) is 1. The first-order valence-electron chi connectivity index (χ1n) is 8.83. The summed E-state index contributed by atoms with van der Waals surface area (Å²) in [5, 5.41) is 2.79. The molecule has 6 nitrogen and oxygen atoms in total. The number of nitrogens with one attached hydrogen (secondary N) is 1. The number of hydrogen-bond acceptors (Lipinski definition) is 5. The van der Waals surface area contributed by atoms with Crippen molar-refractivity contribution in [1.29, 1.82) is 0 Å². The number of anilines is 1. The Morgan fingerprint density at radius 2 is 1.82 bits per heavy atom. The van der Waals surface area contributed by atoms with Crippen LogP contribution < -0.4 is 5.32 Å². The van der Waals surface area contributed by atoms with Crippen LogP contribution in [0.5, 0.6) is 0 Å². The molecule has 1 N–H and O–H groups in total. The number of halogens is 1. The second-order valence-corrected chi connectivity index (χ2v) is 6.89. The van der Waals surface area contributed by atoms with E-state index in [2.05, 4.69) is 26.2 Å². The molecule has 1 aromatic heterocycles. The number of oxazole rings is 1. The van der Waals surface area contributed by atoms with E-state index in [-0.39, 0.29) is 18.3 Å². The van der Waals surface area contributed by atoms with Crippen molar-refractivity contribution in [3.8, 4) is 11.3 Å². The summed E-state index contributed by atoms with van der Waals surface area (Å²) in [5.74, 6) is 0.626. The lowest BCUT2D eigenvalue weighted by Crippen LogP contribution is -2.12. The van der Waals surface area contributed by atoms with Crippen LogP contribution in [0.2, 0.25) is 0 Å². The average molecular weight is 443 g/mol. The summed E-state index contributed by atoms with van der Waals surface area (Å²) in [6, 6.07) is 14.3. The fourth-order valence-corrected chi connectivity index (χ4v) is 2.79. The Morgan fingerprint density at radius 1 is 1.11 bits per heavy atom. The molecule has 28 heavy (non-hydrogen) atoms. The van der Waals surface area contributed by atoms with Gasteiger partial charge >= 0.3 is 5.97 Å². The maximum atomic E-state index is 12.1. The Morgan fingerprint density at radius 3 is 2.50 bits per heavy atom. The number of esters is 1. The van der Waals surface area contributed by atoms with Crippen molar-refractivity contribution in [1.82, 2.24) is 4.98 Å². The van der Waals surface area contributed by atoms with Gasteiger partial charge in [-0.25, -0.2) is 9.78 Å². The van der Waals surface area contributed by atoms with Crippen molar-refractivity contribution in [3.05, 3.63) is 70.7 Å². The average Bonchev–Trinajstić information content (AvgIpc) is 3.17. The van der Waals surface area contributed by atoms with Crippen LogP contribution >= 0.6 is 15.9 Å². The predicted octanol–water partition coefficient (Wildman–Crippen LogP) is 4.85. The Balaban J connectivity index is 1.52. The third kappa shape index (κ3) is 5.29. The number of aromatic nitrogens is 1. The van der Waals surface area contributed by atoms with E-state index in [0.717, 1.165) is 10.0 Å². The summed E-state index contributed by atoms with van der Waals surface area (Å²) >= 11 is 3.40. The van der Waals surface area contributed by atoms with Crippen LogP contribution in [0.1, 0.15) is 29.6 Å². The molecule has 0 aliphatic rings. The molecule has 0 atom stereocenters. The van der Waals surface area contributed by atoms with Gasteiger partial charge in [-0.15, -0.1) is 0 Å². The molecule has 3 rings (SSSR count). The summed E-state index contributed by atoms with van der Waals surface area (Å²) in [7, 11) is 0. The predicted molar refractivity (Wildman–Crippen MR) is 109 cm³/mol. The van der Waals surface area contributed by atoms with Gasteiger partial charge in [0.15, 0.2) is 11.7 Å². The van der Waals surface area contributed by atoms with Gasteiger partial charge in [-0.2, -0.15) is 0 Å². The second-order valence-electron chi connectivity index (χ2n) is 5.97. The van der Waals surface area contributed by atoms with E-state index in [1.807, 2.05) is 24.3 Å². The van der Waals surface area contributed by atoms with Crippen molar-refractivity contribution < 1.29 is 18.7 Å². The van der Waals surface area contributed by atoms with Crippen LogP contribution in [0.15, 0.2) is 63.6 Å². The molecular formula is C21H19BrN2O4. The highest BCUT2D eigenvalue weighted by molar-refractivity contribution is 9.10. The van der Waals surface area contributed by atoms with Crippen LogP contribution in [0.4, 0.5) is 5.69 Å². The largest absolute Gasteiger partial charge is 0.462 e. The lowest BCUT2D eigenvalue weighted by atomic mass is 10.2. The van der Waals surface area contributed by atoms with Crippen molar-refractivity contribution in [2.45, 2.75) is 19.8 Å². The van der Waals surface area contributed by atoms with E-state index in [1.165, 1.54) is 0 Å². The maximum absolute atomic E-state index is 12.1. The fourth-order valence-electron chi connectivity index (χ4n) is 2.52. The molecule has 1 amide bonds. The van der Waals surface area contributed by atoms with Gasteiger partial charge in [-0.05, 0) is 43.3 Å². The van der Waals surface area contributed by atoms with E-state index < -0.39 is 0 Å². The molecule has 0 spiro atoms. The topological polar surface area (TPSA) is 81.4 Å². The number of rotatable bonds is 7. The molecule has 0 aliphatic carbocycles. The molecule has 3 aromatic rings. The summed E-state index contributed by atoms with van der Waals surface area (Å²) in [5.41, 5.74) is 1.98. The third-order valence-electron chi connectivity index (χ3n) is 3.93. The third-order valence-corrected chi connectivity index (χ3v) is 4.46. The van der Waals surface area contributed by atoms with Gasteiger partial charge in [-0.1, -0.05) is 28.1 Å². The molecule has 7 heteroatoms. The summed E-state index contributed by atoms with van der Waals surface area (Å²) in [4.78, 5) is 28.0. The molecule has 2 aromatic carbocycles. The highest BCUT2D eigenvalue weighted by Crippen LogP contribution is 2.23. The van der Waals surface area contributed by atoms with Gasteiger partial charge in [0.2, 0.25) is 5.91 Å². The molecule has 0 unspecified atom stereocenters. The monoisotopic (exact) mass is 442 g/mol. The minimum Gasteiger partial charge on any atom is -0.462 e. The van der Waals surface area contributed by atoms with E-state index in [0.29, 0.717) is 35.9 Å². The summed E-state index contributed by atoms with van der Waals surface area (Å²) < 4.78 is 11.6. The lowest BCUT2D eigenvalue weighted by Gasteiger charge is -2.06. The normalized spacial score (nSPS) is 10.5. The number of carbonyl (C=O) groups excluding carboxylic acids is 2. The number of aryl methyl sites for hydroxylation is 1. The van der Waals surface area contributed by atoms with Crippen LogP contribution in [0.25, 0.3) is 11.3 Å². The lowest BCUT2D eigenvalue weighted by molar-refractivity contribution is -0.116. The molecule has 1 heterocycles. The molecule has 0 aliphatic heterocycles. The van der Waals surface area contributed by atoms with Crippen LogP contribution in [-0.4, -0.2) is 23.5 Å². The van der Waals surface area contributed by atoms with E-state index in [1.54, 1.807) is 37.4 Å². The Hall–Kier alpha value is -2.93. The van der Waals surface area contributed by atoms with Crippen molar-refractivity contribution in [3.63, 3.8) is 0 Å². The zero-order chi connectivity index (χ0) is 19.9. The minimum absolute atomic E-state index is 0.160. The van der Waals surface area contributed by atoms with Crippen LogP contribution in [0.3, 0.4) is 0 Å². The van der Waals surface area contributed by atoms with E-state index in [9.17, 15) is 9.59 Å². The number of amides is 1. The van der Waals surface area contributed by atoms with Crippen LogP contribution in [0, 0.1) is 0 Å². The summed E-state index contributed by atoms with van der Waals surface area (Å²) in [6.07, 6.45) is 2.29. The van der Waals surface area contributed by atoms with Gasteiger partial charge in [0.05, 0.1) is 18.4 Å². The van der Waals surface area contributed by atoms with E-state index >= 15 is 0 Å². The highest BCUT2D eigenvalue weighted by Gasteiger charge is 2.10. The Labute approximate surface area is 171 Å². The molecule has 0 fully saturated rings. The van der Waals surface area contributed by atoms with Crippen molar-refractivity contribution in [2.24, 2.45) is 0 Å². The molecule has 144 valence electrons. The molecule has 0 saturated heterocycles. The van der Waals surface area contributed by atoms with Gasteiger partial charge in [0, 0.05) is 28.6 Å². The second kappa shape index (κ2) is 9.32. The number of benzene rings is 2. The minimum atomic E-state index is -0.383. The van der Waals surface area contributed by atoms with Gasteiger partial charge in [-0.3, -0.25) is 4.79 Å². The van der Waals surface area contributed by atoms with Crippen molar-refractivity contribution >= 4 is 33.5 Å². The van der Waals surface area contributed by atoms with Crippen LogP contribution in [-0.2, 0) is 16.0 Å². The smallest absolute Gasteiger partial charge is 0.338 e. The first-order chi connectivity index (χ1) is 13.5. The molecule has 0 saturated carbocycles. The molecular weight excluding hydrogens is 424 g/mol. The summed E-state index contributed by atoms with van der Waals surface area (Å²) in [6.45, 7) is 2.07. The quantitative estimate of drug-likeness (QED) is 0.528. The zero-order valence-electron chi connectivity index (χ0n) is 15.3. The van der Waals surface area contributed by atoms with Crippen molar-refractivity contribution in [2.75, 3.05) is 11.9 Å². The SMILES string of the molecule is CCOC(=O)c1ccc(NC(=O)CCc2ncc(-c3ccc(Br)cc3)o2)cc1. The van der Waals surface area contributed by atoms with Gasteiger partial charge in [0.1, 0.15) is 0 Å². The fraction of sp³-hybridized carbons (Fsp3) is 0.190. The van der Waals surface area contributed by atoms with Gasteiger partial charge < -0.3 is 14.5 Å². The zero-order valence-corrected chi connectivity index (χ0v) is 16.9. The number of carbonyl (C=O) groups is 2. The molecule has 0 radical (unpaired) electrons. The maximum Gasteiger partial charge on any atom is 0.338 e. The standard InChI is InChI=1S/C21H19BrN2O4/c1-2-27-21(26)15-5-9-17(10-6-15)24-19(25)11-12-20-23-13-18(28-20)14-3-7-16(22)8-4-14/h3-10,13H,2,11-12H2,1H3,(H,24,25). The first kappa shape index (κ1) is 19.8. The Bertz CT molecular complexity index is 949. The molecule has 0 bridgehead atoms. The van der Waals surface area contributed by atoms with Gasteiger partial charge in [0.25, 0.3) is 0 Å². The number of nitrogens with zero attached hydrogens (tertiary/aromatic N) is 1. The number of ether oxygens (including phenoxy) is 1.